The first kappa shape index (κ1) is 20.7. The van der Waals surface area contributed by atoms with Gasteiger partial charge in [-0.3, -0.25) is 9.59 Å². The molecule has 1 saturated heterocycles. The summed E-state index contributed by atoms with van der Waals surface area (Å²) in [6.07, 6.45) is 0. The molecule has 0 unspecified atom stereocenters. The van der Waals surface area contributed by atoms with Gasteiger partial charge in [0.1, 0.15) is 11.5 Å². The van der Waals surface area contributed by atoms with Crippen molar-refractivity contribution in [3.05, 3.63) is 66.2 Å². The third-order valence-corrected chi connectivity index (χ3v) is 5.16. The zero-order valence-corrected chi connectivity index (χ0v) is 17.3. The molecule has 1 heterocycles. The predicted molar refractivity (Wildman–Crippen MR) is 118 cm³/mol. The van der Waals surface area contributed by atoms with E-state index in [-0.39, 0.29) is 18.4 Å². The van der Waals surface area contributed by atoms with Crippen LogP contribution in [0.1, 0.15) is 10.4 Å². The van der Waals surface area contributed by atoms with Crippen molar-refractivity contribution in [1.82, 2.24) is 4.90 Å². The van der Waals surface area contributed by atoms with Crippen LogP contribution < -0.4 is 14.8 Å². The minimum absolute atomic E-state index is 0.132. The molecule has 31 heavy (non-hydrogen) atoms. The van der Waals surface area contributed by atoms with Gasteiger partial charge in [0.15, 0.2) is 6.61 Å². The van der Waals surface area contributed by atoms with Gasteiger partial charge in [-0.1, -0.05) is 36.4 Å². The van der Waals surface area contributed by atoms with Gasteiger partial charge in [-0.2, -0.15) is 0 Å². The molecule has 2 amide bonds. The van der Waals surface area contributed by atoms with Crippen LogP contribution in [-0.4, -0.2) is 56.7 Å². The van der Waals surface area contributed by atoms with Gasteiger partial charge in [-0.15, -0.1) is 0 Å². The number of carbonyl (C=O) groups excluding carboxylic acids is 2. The fourth-order valence-corrected chi connectivity index (χ4v) is 3.50. The molecule has 1 aliphatic rings. The highest BCUT2D eigenvalue weighted by Gasteiger charge is 2.20. The number of ether oxygens (including phenoxy) is 3. The average Bonchev–Trinajstić information content (AvgIpc) is 2.82. The Kier molecular flexibility index (Phi) is 6.33. The Bertz CT molecular complexity index is 1090. The van der Waals surface area contributed by atoms with Crippen LogP contribution in [0.2, 0.25) is 0 Å². The number of morpholine rings is 1. The van der Waals surface area contributed by atoms with Crippen LogP contribution in [0.4, 0.5) is 5.69 Å². The van der Waals surface area contributed by atoms with E-state index in [9.17, 15) is 9.59 Å². The molecule has 4 rings (SSSR count). The zero-order valence-electron chi connectivity index (χ0n) is 17.3. The fraction of sp³-hybridized carbons (Fsp3) is 0.250. The summed E-state index contributed by atoms with van der Waals surface area (Å²) in [4.78, 5) is 27.4. The second kappa shape index (κ2) is 9.49. The Morgan fingerprint density at radius 2 is 1.65 bits per heavy atom. The lowest BCUT2D eigenvalue weighted by Gasteiger charge is -2.26. The molecule has 0 aliphatic carbocycles. The van der Waals surface area contributed by atoms with Gasteiger partial charge >= 0.3 is 0 Å². The summed E-state index contributed by atoms with van der Waals surface area (Å²) in [7, 11) is 1.55. The van der Waals surface area contributed by atoms with E-state index < -0.39 is 0 Å². The van der Waals surface area contributed by atoms with E-state index in [0.29, 0.717) is 49.1 Å². The molecule has 160 valence electrons. The van der Waals surface area contributed by atoms with Crippen molar-refractivity contribution in [3.8, 4) is 11.5 Å². The van der Waals surface area contributed by atoms with Crippen LogP contribution in [0, 0.1) is 0 Å². The molecular weight excluding hydrogens is 396 g/mol. The van der Waals surface area contributed by atoms with Crippen molar-refractivity contribution >= 4 is 28.3 Å². The van der Waals surface area contributed by atoms with Gasteiger partial charge in [0.25, 0.3) is 11.8 Å². The van der Waals surface area contributed by atoms with Crippen LogP contribution in [0.5, 0.6) is 11.5 Å². The van der Waals surface area contributed by atoms with Crippen molar-refractivity contribution < 1.29 is 23.8 Å². The monoisotopic (exact) mass is 420 g/mol. The molecule has 3 aromatic rings. The molecule has 0 radical (unpaired) electrons. The number of amides is 2. The number of nitrogens with one attached hydrogen (secondary N) is 1. The molecule has 0 bridgehead atoms. The molecule has 0 spiro atoms. The Morgan fingerprint density at radius 1 is 0.968 bits per heavy atom. The number of hydrogen-bond donors (Lipinski definition) is 1. The van der Waals surface area contributed by atoms with Crippen molar-refractivity contribution in [2.24, 2.45) is 0 Å². The van der Waals surface area contributed by atoms with Gasteiger partial charge in [0.05, 0.1) is 31.6 Å². The van der Waals surface area contributed by atoms with Crippen molar-refractivity contribution in [2.45, 2.75) is 0 Å². The maximum atomic E-state index is 13.1. The maximum Gasteiger partial charge on any atom is 0.260 e. The van der Waals surface area contributed by atoms with Crippen molar-refractivity contribution in [1.29, 1.82) is 0 Å². The van der Waals surface area contributed by atoms with E-state index in [2.05, 4.69) is 5.32 Å². The molecule has 7 heteroatoms. The fourth-order valence-electron chi connectivity index (χ4n) is 3.50. The summed E-state index contributed by atoms with van der Waals surface area (Å²) >= 11 is 0. The predicted octanol–water partition coefficient (Wildman–Crippen LogP) is 3.34. The highest BCUT2D eigenvalue weighted by molar-refractivity contribution is 6.09. The summed E-state index contributed by atoms with van der Waals surface area (Å²) in [5.41, 5.74) is 0.901. The Balaban J connectivity index is 1.60. The first-order valence-corrected chi connectivity index (χ1v) is 10.1. The van der Waals surface area contributed by atoms with Gasteiger partial charge in [-0.25, -0.2) is 0 Å². The molecule has 3 aromatic carbocycles. The normalized spacial score (nSPS) is 13.6. The zero-order chi connectivity index (χ0) is 21.6. The smallest absolute Gasteiger partial charge is 0.260 e. The van der Waals surface area contributed by atoms with E-state index in [1.165, 1.54) is 0 Å². The molecule has 7 nitrogen and oxygen atoms in total. The number of benzene rings is 3. The summed E-state index contributed by atoms with van der Waals surface area (Å²) in [5, 5.41) is 4.70. The van der Waals surface area contributed by atoms with Crippen molar-refractivity contribution in [2.75, 3.05) is 45.3 Å². The highest BCUT2D eigenvalue weighted by atomic mass is 16.5. The van der Waals surface area contributed by atoms with Crippen LogP contribution in [0.15, 0.2) is 60.7 Å². The number of methoxy groups -OCH3 is 1. The second-order valence-electron chi connectivity index (χ2n) is 7.13. The topological polar surface area (TPSA) is 77.1 Å². The lowest BCUT2D eigenvalue weighted by Crippen LogP contribution is -2.43. The van der Waals surface area contributed by atoms with Gasteiger partial charge in [-0.05, 0) is 35.0 Å². The molecule has 0 aromatic heterocycles. The van der Waals surface area contributed by atoms with Crippen molar-refractivity contribution in [3.63, 3.8) is 0 Å². The van der Waals surface area contributed by atoms with E-state index in [4.69, 9.17) is 14.2 Å². The molecule has 1 N–H and O–H groups in total. The van der Waals surface area contributed by atoms with Crippen LogP contribution >= 0.6 is 0 Å². The molecule has 0 atom stereocenters. The highest BCUT2D eigenvalue weighted by Crippen LogP contribution is 2.29. The third kappa shape index (κ3) is 4.78. The number of para-hydroxylation sites is 2. The standard InChI is InChI=1S/C24H24N2O5/c1-29-21-9-5-4-8-20(21)25-24(28)19-14-17-6-2-3-7-18(17)15-22(19)31-16-23(27)26-10-12-30-13-11-26/h2-9,14-15H,10-13,16H2,1H3,(H,25,28). The number of carbonyl (C=O) groups is 2. The minimum atomic E-state index is -0.343. The molecule has 1 fully saturated rings. The van der Waals surface area contributed by atoms with E-state index in [1.807, 2.05) is 36.4 Å². The summed E-state index contributed by atoms with van der Waals surface area (Å²) in [6.45, 7) is 1.98. The first-order chi connectivity index (χ1) is 15.2. The average molecular weight is 420 g/mol. The van der Waals surface area contributed by atoms with Crippen LogP contribution in [-0.2, 0) is 9.53 Å². The Labute approximate surface area is 180 Å². The Hall–Kier alpha value is -3.58. The SMILES string of the molecule is COc1ccccc1NC(=O)c1cc2ccccc2cc1OCC(=O)N1CCOCC1. The van der Waals surface area contributed by atoms with Crippen LogP contribution in [0.3, 0.4) is 0 Å². The molecule has 1 aliphatic heterocycles. The number of rotatable bonds is 6. The lowest BCUT2D eigenvalue weighted by molar-refractivity contribution is -0.137. The number of hydrogen-bond acceptors (Lipinski definition) is 5. The van der Waals surface area contributed by atoms with Gasteiger partial charge in [0, 0.05) is 13.1 Å². The summed E-state index contributed by atoms with van der Waals surface area (Å²) in [5.74, 6) is 0.436. The van der Waals surface area contributed by atoms with E-state index >= 15 is 0 Å². The van der Waals surface area contributed by atoms with Crippen LogP contribution in [0.25, 0.3) is 10.8 Å². The molecule has 0 saturated carbocycles. The first-order valence-electron chi connectivity index (χ1n) is 10.1. The lowest BCUT2D eigenvalue weighted by atomic mass is 10.1. The number of nitrogens with zero attached hydrogens (tertiary/aromatic N) is 1. The van der Waals surface area contributed by atoms with E-state index in [1.54, 1.807) is 36.3 Å². The Morgan fingerprint density at radius 3 is 2.39 bits per heavy atom. The summed E-state index contributed by atoms with van der Waals surface area (Å²) in [6, 6.07) is 18.4. The third-order valence-electron chi connectivity index (χ3n) is 5.16. The quantitative estimate of drug-likeness (QED) is 0.662. The minimum Gasteiger partial charge on any atom is -0.495 e. The second-order valence-corrected chi connectivity index (χ2v) is 7.13. The van der Waals surface area contributed by atoms with Gasteiger partial charge < -0.3 is 24.4 Å². The summed E-state index contributed by atoms with van der Waals surface area (Å²) < 4.78 is 16.5. The number of anilines is 1. The number of fused-ring (bicyclic) bond motifs is 1. The largest absolute Gasteiger partial charge is 0.495 e. The van der Waals surface area contributed by atoms with Gasteiger partial charge in [0.2, 0.25) is 0 Å². The maximum absolute atomic E-state index is 13.1. The molecular formula is C24H24N2O5. The van der Waals surface area contributed by atoms with E-state index in [0.717, 1.165) is 10.8 Å².